The first kappa shape index (κ1) is 15.4. The number of hydrogen-bond acceptors (Lipinski definition) is 2. The Balaban J connectivity index is 2.35. The molecule has 0 aliphatic carbocycles. The van der Waals surface area contributed by atoms with Gasteiger partial charge >= 0.3 is 0 Å². The van der Waals surface area contributed by atoms with Crippen molar-refractivity contribution in [3.63, 3.8) is 0 Å². The smallest absolute Gasteiger partial charge is 0.162 e. The molecule has 7 heteroatoms. The predicted molar refractivity (Wildman–Crippen MR) is 79.6 cm³/mol. The van der Waals surface area contributed by atoms with Crippen molar-refractivity contribution in [2.24, 2.45) is 0 Å². The van der Waals surface area contributed by atoms with E-state index in [0.29, 0.717) is 6.61 Å². The Kier molecular flexibility index (Phi) is 6.64. The molecule has 0 spiro atoms. The average Bonchev–Trinajstić information content (AvgIpc) is 2.15. The van der Waals surface area contributed by atoms with E-state index in [1.54, 1.807) is 0 Å². The molecule has 2 nitrogen and oxygen atoms in total. The number of ether oxygens (including phenoxy) is 2. The second-order valence-electron chi connectivity index (χ2n) is 3.31. The van der Waals surface area contributed by atoms with Gasteiger partial charge in [-0.15, -0.1) is 0 Å². The summed E-state index contributed by atoms with van der Waals surface area (Å²) in [5.74, 6) is 0. The molecule has 0 aromatic carbocycles. The fourth-order valence-electron chi connectivity index (χ4n) is 1.12. The molecule has 90 valence electrons. The largest absolute Gasteiger partial charge is 0.353 e. The van der Waals surface area contributed by atoms with Crippen LogP contribution < -0.4 is 0 Å². The van der Waals surface area contributed by atoms with Gasteiger partial charge in [-0.3, -0.25) is 0 Å². The van der Waals surface area contributed by atoms with E-state index in [4.69, 9.17) is 9.47 Å². The van der Waals surface area contributed by atoms with Crippen LogP contribution in [0, 0.1) is 0 Å². The van der Waals surface area contributed by atoms with Gasteiger partial charge < -0.3 is 9.47 Å². The van der Waals surface area contributed by atoms with Gasteiger partial charge in [-0.05, 0) is 19.3 Å². The van der Waals surface area contributed by atoms with Gasteiger partial charge in [0.1, 0.15) is 3.23 Å². The van der Waals surface area contributed by atoms with Gasteiger partial charge in [-0.25, -0.2) is 0 Å². The zero-order valence-electron chi connectivity index (χ0n) is 7.82. The summed E-state index contributed by atoms with van der Waals surface area (Å²) in [6, 6.07) is 0. The summed E-state index contributed by atoms with van der Waals surface area (Å²) in [4.78, 5) is 0. The van der Waals surface area contributed by atoms with E-state index in [2.05, 4.69) is 79.6 Å². The fourth-order valence-corrected chi connectivity index (χ4v) is 1.73. The maximum atomic E-state index is 5.67. The molecule has 15 heavy (non-hydrogen) atoms. The van der Waals surface area contributed by atoms with Crippen LogP contribution in [0.2, 0.25) is 0 Å². The lowest BCUT2D eigenvalue weighted by molar-refractivity contribution is -0.162. The van der Waals surface area contributed by atoms with Gasteiger partial charge in [-0.2, -0.15) is 0 Å². The number of halogens is 5. The van der Waals surface area contributed by atoms with Gasteiger partial charge in [0, 0.05) is 6.61 Å². The third-order valence-electron chi connectivity index (χ3n) is 2.00. The molecule has 0 aromatic heterocycles. The highest BCUT2D eigenvalue weighted by Crippen LogP contribution is 2.52. The van der Waals surface area contributed by atoms with Crippen LogP contribution in [0.3, 0.4) is 0 Å². The van der Waals surface area contributed by atoms with E-state index < -0.39 is 5.38 Å². The number of rotatable bonds is 3. The fraction of sp³-hybridized carbons (Fsp3) is 1.00. The van der Waals surface area contributed by atoms with Crippen LogP contribution in [0.25, 0.3) is 0 Å². The highest BCUT2D eigenvalue weighted by Gasteiger charge is 2.43. The maximum Gasteiger partial charge on any atom is 0.162 e. The molecule has 0 N–H and O–H groups in total. The molecule has 1 aliphatic heterocycles. The minimum absolute atomic E-state index is 0.0805. The van der Waals surface area contributed by atoms with Crippen LogP contribution in [0.4, 0.5) is 0 Å². The van der Waals surface area contributed by atoms with E-state index in [1.807, 2.05) is 0 Å². The molecule has 0 amide bonds. The second kappa shape index (κ2) is 6.48. The number of alkyl halides is 5. The molecule has 1 heterocycles. The van der Waals surface area contributed by atoms with Crippen LogP contribution in [-0.2, 0) is 9.47 Å². The summed E-state index contributed by atoms with van der Waals surface area (Å²) >= 11 is 17.4. The molecule has 0 bridgehead atoms. The summed E-state index contributed by atoms with van der Waals surface area (Å²) in [5.41, 5.74) is 0. The zero-order valence-corrected chi connectivity index (χ0v) is 15.7. The van der Waals surface area contributed by atoms with Crippen molar-refractivity contribution in [1.29, 1.82) is 0 Å². The van der Waals surface area contributed by atoms with Crippen molar-refractivity contribution < 1.29 is 9.47 Å². The quantitative estimate of drug-likeness (QED) is 0.478. The van der Waals surface area contributed by atoms with Crippen molar-refractivity contribution in [1.82, 2.24) is 0 Å². The average molecular weight is 539 g/mol. The van der Waals surface area contributed by atoms with Gasteiger partial charge in [0.2, 0.25) is 0 Å². The lowest BCUT2D eigenvalue weighted by Crippen LogP contribution is -2.36. The Morgan fingerprint density at radius 1 is 1.13 bits per heavy atom. The van der Waals surface area contributed by atoms with E-state index >= 15 is 0 Å². The van der Waals surface area contributed by atoms with Gasteiger partial charge in [0.15, 0.2) is 8.43 Å². The van der Waals surface area contributed by atoms with Gasteiger partial charge in [0.25, 0.3) is 0 Å². The summed E-state index contributed by atoms with van der Waals surface area (Å²) in [6.07, 6.45) is 3.19. The molecule has 1 atom stereocenters. The van der Waals surface area contributed by atoms with Crippen LogP contribution in [0.15, 0.2) is 0 Å². The predicted octanol–water partition coefficient (Wildman–Crippen LogP) is 4.85. The van der Waals surface area contributed by atoms with Crippen LogP contribution in [0.1, 0.15) is 19.3 Å². The van der Waals surface area contributed by atoms with Gasteiger partial charge in [-0.1, -0.05) is 79.6 Å². The second-order valence-corrected chi connectivity index (χ2v) is 13.8. The molecular weight excluding hydrogens is 528 g/mol. The zero-order chi connectivity index (χ0) is 11.5. The van der Waals surface area contributed by atoms with E-state index in [-0.39, 0.29) is 6.29 Å². The third kappa shape index (κ3) is 5.22. The maximum absolute atomic E-state index is 5.67. The Labute approximate surface area is 132 Å². The van der Waals surface area contributed by atoms with Crippen molar-refractivity contribution >= 4 is 79.6 Å². The monoisotopic (exact) mass is 534 g/mol. The van der Waals surface area contributed by atoms with Crippen molar-refractivity contribution in [2.45, 2.75) is 30.9 Å². The molecule has 1 aliphatic rings. The van der Waals surface area contributed by atoms with Crippen molar-refractivity contribution in [3.05, 3.63) is 0 Å². The molecular formula is C8H11Br5O2. The topological polar surface area (TPSA) is 18.5 Å². The summed E-state index contributed by atoms with van der Waals surface area (Å²) < 4.78 is 10.2. The van der Waals surface area contributed by atoms with Crippen LogP contribution >= 0.6 is 79.6 Å². The minimum atomic E-state index is -0.464. The Morgan fingerprint density at radius 2 is 1.80 bits per heavy atom. The highest BCUT2D eigenvalue weighted by atomic mass is 80.0. The lowest BCUT2D eigenvalue weighted by Gasteiger charge is -2.32. The molecule has 0 saturated carbocycles. The van der Waals surface area contributed by atoms with Crippen molar-refractivity contribution in [2.75, 3.05) is 13.2 Å². The first-order valence-electron chi connectivity index (χ1n) is 4.51. The molecule has 1 fully saturated rings. The Hall–Kier alpha value is 2.32. The molecule has 1 saturated heterocycles. The van der Waals surface area contributed by atoms with E-state index in [9.17, 15) is 0 Å². The first-order valence-corrected chi connectivity index (χ1v) is 8.47. The van der Waals surface area contributed by atoms with Crippen molar-refractivity contribution in [3.8, 4) is 0 Å². The SMILES string of the molecule is BrC(Br)(Br)C(Br)(Br)COC1CCCCO1. The highest BCUT2D eigenvalue weighted by molar-refractivity contribution is 9.41. The summed E-state index contributed by atoms with van der Waals surface area (Å²) in [6.45, 7) is 1.27. The number of hydrogen-bond donors (Lipinski definition) is 0. The van der Waals surface area contributed by atoms with E-state index in [0.717, 1.165) is 19.4 Å². The molecule has 1 unspecified atom stereocenters. The van der Waals surface area contributed by atoms with Crippen LogP contribution in [-0.4, -0.2) is 24.9 Å². The lowest BCUT2D eigenvalue weighted by atomic mass is 10.2. The Morgan fingerprint density at radius 3 is 2.27 bits per heavy atom. The minimum Gasteiger partial charge on any atom is -0.353 e. The first-order chi connectivity index (χ1) is 6.83. The standard InChI is InChI=1S/C8H11Br5O2/c9-7(10,8(11,12)13)5-15-6-3-1-2-4-14-6/h6H,1-5H2. The molecule has 0 aromatic rings. The van der Waals surface area contributed by atoms with E-state index in [1.165, 1.54) is 6.42 Å². The van der Waals surface area contributed by atoms with Crippen LogP contribution in [0.5, 0.6) is 0 Å². The summed E-state index contributed by atoms with van der Waals surface area (Å²) in [7, 11) is 0. The van der Waals surface area contributed by atoms with Gasteiger partial charge in [0.05, 0.1) is 6.61 Å². The third-order valence-corrected chi connectivity index (χ3v) is 8.87. The molecule has 1 rings (SSSR count). The normalized spacial score (nSPS) is 24.2. The molecule has 0 radical (unpaired) electrons. The Bertz CT molecular complexity index is 198. The summed E-state index contributed by atoms with van der Waals surface area (Å²) in [5, 5.41) is 0.